The van der Waals surface area contributed by atoms with E-state index in [0.717, 1.165) is 12.8 Å². The van der Waals surface area contributed by atoms with Crippen LogP contribution in [0, 0.1) is 5.92 Å². The molecule has 1 heterocycles. The van der Waals surface area contributed by atoms with Crippen molar-refractivity contribution in [2.75, 3.05) is 0 Å². The molecule has 0 aromatic carbocycles. The monoisotopic (exact) mass is 172 g/mol. The van der Waals surface area contributed by atoms with Crippen LogP contribution in [0.15, 0.2) is 0 Å². The summed E-state index contributed by atoms with van der Waals surface area (Å²) in [5.41, 5.74) is 0. The van der Waals surface area contributed by atoms with Crippen molar-refractivity contribution in [3.05, 3.63) is 0 Å². The van der Waals surface area contributed by atoms with Crippen LogP contribution in [0.5, 0.6) is 0 Å². The zero-order valence-corrected chi connectivity index (χ0v) is 8.12. The van der Waals surface area contributed by atoms with Crippen molar-refractivity contribution in [3.8, 4) is 0 Å². The van der Waals surface area contributed by atoms with Crippen LogP contribution in [0.2, 0.25) is 0 Å². The summed E-state index contributed by atoms with van der Waals surface area (Å²) >= 11 is 0. The average molecular weight is 172 g/mol. The number of aliphatic hydroxyl groups excluding tert-OH is 1. The first-order valence-electron chi connectivity index (χ1n) is 5.07. The van der Waals surface area contributed by atoms with E-state index in [4.69, 9.17) is 4.74 Å². The van der Waals surface area contributed by atoms with Gasteiger partial charge in [-0.25, -0.2) is 0 Å². The summed E-state index contributed by atoms with van der Waals surface area (Å²) in [5, 5.41) is 9.20. The number of hydrogen-bond donors (Lipinski definition) is 1. The molecule has 1 aliphatic rings. The summed E-state index contributed by atoms with van der Waals surface area (Å²) in [6.07, 6.45) is 5.52. The summed E-state index contributed by atoms with van der Waals surface area (Å²) in [5.74, 6) is 0.539. The van der Waals surface area contributed by atoms with Gasteiger partial charge in [0.1, 0.15) is 0 Å². The second-order valence-electron chi connectivity index (χ2n) is 3.84. The van der Waals surface area contributed by atoms with Gasteiger partial charge < -0.3 is 9.84 Å². The van der Waals surface area contributed by atoms with Gasteiger partial charge in [0.05, 0.1) is 6.10 Å². The molecular weight excluding hydrogens is 152 g/mol. The number of aliphatic hydroxyl groups is 1. The van der Waals surface area contributed by atoms with Crippen LogP contribution in [-0.2, 0) is 4.74 Å². The maximum atomic E-state index is 9.20. The van der Waals surface area contributed by atoms with Gasteiger partial charge in [0.2, 0.25) is 0 Å². The molecule has 0 spiro atoms. The van der Waals surface area contributed by atoms with Crippen LogP contribution in [0.1, 0.15) is 46.0 Å². The zero-order chi connectivity index (χ0) is 8.97. The normalized spacial score (nSPS) is 35.8. The van der Waals surface area contributed by atoms with Crippen LogP contribution in [0.4, 0.5) is 0 Å². The lowest BCUT2D eigenvalue weighted by Gasteiger charge is -2.13. The average Bonchev–Trinajstić information content (AvgIpc) is 2.31. The van der Waals surface area contributed by atoms with Crippen LogP contribution in [0.3, 0.4) is 0 Å². The van der Waals surface area contributed by atoms with Crippen molar-refractivity contribution in [2.24, 2.45) is 5.92 Å². The zero-order valence-electron chi connectivity index (χ0n) is 8.12. The molecule has 1 N–H and O–H groups in total. The Morgan fingerprint density at radius 1 is 1.42 bits per heavy atom. The third-order valence-electron chi connectivity index (χ3n) is 2.63. The molecule has 2 heteroatoms. The Hall–Kier alpha value is -0.0800. The van der Waals surface area contributed by atoms with Crippen molar-refractivity contribution in [1.29, 1.82) is 0 Å². The standard InChI is InChI=1S/C10H20O2/c1-3-4-5-6-9-8(2)7-10(11)12-9/h8-11H,3-7H2,1-2H3/t8-,9+,10?/m0/s1. The SMILES string of the molecule is CCCCC[C@H]1OC(O)C[C@@H]1C. The van der Waals surface area contributed by atoms with Gasteiger partial charge in [-0.05, 0) is 12.3 Å². The van der Waals surface area contributed by atoms with Crippen molar-refractivity contribution >= 4 is 0 Å². The second kappa shape index (κ2) is 4.83. The molecule has 1 aliphatic heterocycles. The highest BCUT2D eigenvalue weighted by atomic mass is 16.6. The summed E-state index contributed by atoms with van der Waals surface area (Å²) in [4.78, 5) is 0. The molecule has 1 unspecified atom stereocenters. The van der Waals surface area contributed by atoms with Crippen LogP contribution in [-0.4, -0.2) is 17.5 Å². The van der Waals surface area contributed by atoms with E-state index in [1.807, 2.05) is 0 Å². The smallest absolute Gasteiger partial charge is 0.155 e. The second-order valence-corrected chi connectivity index (χ2v) is 3.84. The van der Waals surface area contributed by atoms with E-state index in [0.29, 0.717) is 12.0 Å². The van der Waals surface area contributed by atoms with E-state index in [9.17, 15) is 5.11 Å². The first kappa shape index (κ1) is 10.0. The first-order chi connectivity index (χ1) is 5.74. The van der Waals surface area contributed by atoms with Gasteiger partial charge in [0, 0.05) is 6.42 Å². The maximum absolute atomic E-state index is 9.20. The van der Waals surface area contributed by atoms with Gasteiger partial charge in [-0.1, -0.05) is 33.1 Å². The summed E-state index contributed by atoms with van der Waals surface area (Å²) < 4.78 is 5.38. The number of unbranched alkanes of at least 4 members (excludes halogenated alkanes) is 2. The molecule has 1 rings (SSSR count). The molecule has 0 saturated carbocycles. The van der Waals surface area contributed by atoms with E-state index >= 15 is 0 Å². The van der Waals surface area contributed by atoms with E-state index in [2.05, 4.69) is 13.8 Å². The first-order valence-corrected chi connectivity index (χ1v) is 5.07. The largest absolute Gasteiger partial charge is 0.368 e. The molecule has 12 heavy (non-hydrogen) atoms. The van der Waals surface area contributed by atoms with Gasteiger partial charge >= 0.3 is 0 Å². The lowest BCUT2D eigenvalue weighted by atomic mass is 9.99. The highest BCUT2D eigenvalue weighted by Crippen LogP contribution is 2.28. The fourth-order valence-electron chi connectivity index (χ4n) is 1.81. The fraction of sp³-hybridized carbons (Fsp3) is 1.00. The van der Waals surface area contributed by atoms with Gasteiger partial charge in [-0.2, -0.15) is 0 Å². The molecule has 1 saturated heterocycles. The van der Waals surface area contributed by atoms with Gasteiger partial charge in [0.25, 0.3) is 0 Å². The third-order valence-corrected chi connectivity index (χ3v) is 2.63. The van der Waals surface area contributed by atoms with Crippen molar-refractivity contribution in [2.45, 2.75) is 58.3 Å². The molecule has 1 fully saturated rings. The molecule has 2 nitrogen and oxygen atoms in total. The Labute approximate surface area is 74.9 Å². The molecule has 72 valence electrons. The van der Waals surface area contributed by atoms with Crippen molar-refractivity contribution in [3.63, 3.8) is 0 Å². The summed E-state index contributed by atoms with van der Waals surface area (Å²) in [6.45, 7) is 4.36. The Morgan fingerprint density at radius 2 is 2.17 bits per heavy atom. The van der Waals surface area contributed by atoms with Crippen molar-refractivity contribution < 1.29 is 9.84 Å². The van der Waals surface area contributed by atoms with Gasteiger partial charge in [-0.15, -0.1) is 0 Å². The minimum Gasteiger partial charge on any atom is -0.368 e. The molecule has 0 bridgehead atoms. The van der Waals surface area contributed by atoms with Crippen LogP contribution >= 0.6 is 0 Å². The molecule has 3 atom stereocenters. The minimum atomic E-state index is -0.494. The van der Waals surface area contributed by atoms with Gasteiger partial charge in [0.15, 0.2) is 6.29 Å². The lowest BCUT2D eigenvalue weighted by molar-refractivity contribution is -0.0937. The Balaban J connectivity index is 2.15. The Kier molecular flexibility index (Phi) is 4.02. The van der Waals surface area contributed by atoms with Crippen LogP contribution < -0.4 is 0 Å². The van der Waals surface area contributed by atoms with Crippen LogP contribution in [0.25, 0.3) is 0 Å². The maximum Gasteiger partial charge on any atom is 0.155 e. The predicted molar refractivity (Wildman–Crippen MR) is 48.8 cm³/mol. The third kappa shape index (κ3) is 2.76. The van der Waals surface area contributed by atoms with E-state index in [1.165, 1.54) is 19.3 Å². The van der Waals surface area contributed by atoms with E-state index in [-0.39, 0.29) is 0 Å². The summed E-state index contributed by atoms with van der Waals surface area (Å²) in [6, 6.07) is 0. The Bertz CT molecular complexity index is 125. The minimum absolute atomic E-state index is 0.312. The highest BCUT2D eigenvalue weighted by molar-refractivity contribution is 4.74. The van der Waals surface area contributed by atoms with Gasteiger partial charge in [-0.3, -0.25) is 0 Å². The predicted octanol–water partition coefficient (Wildman–Crippen LogP) is 2.31. The Morgan fingerprint density at radius 3 is 2.67 bits per heavy atom. The molecule has 0 aromatic heterocycles. The van der Waals surface area contributed by atoms with E-state index < -0.39 is 6.29 Å². The number of hydrogen-bond acceptors (Lipinski definition) is 2. The van der Waals surface area contributed by atoms with Crippen molar-refractivity contribution in [1.82, 2.24) is 0 Å². The number of ether oxygens (including phenoxy) is 1. The summed E-state index contributed by atoms with van der Waals surface area (Å²) in [7, 11) is 0. The molecule has 0 radical (unpaired) electrons. The number of rotatable bonds is 4. The topological polar surface area (TPSA) is 29.5 Å². The molecular formula is C10H20O2. The molecule has 0 amide bonds. The fourth-order valence-corrected chi connectivity index (χ4v) is 1.81. The highest BCUT2D eigenvalue weighted by Gasteiger charge is 2.29. The lowest BCUT2D eigenvalue weighted by Crippen LogP contribution is -2.13. The quantitative estimate of drug-likeness (QED) is 0.659. The molecule has 0 aromatic rings. The molecule has 0 aliphatic carbocycles. The van der Waals surface area contributed by atoms with E-state index in [1.54, 1.807) is 0 Å².